The summed E-state index contributed by atoms with van der Waals surface area (Å²) in [6, 6.07) is 19.0. The van der Waals surface area contributed by atoms with Crippen molar-refractivity contribution in [2.75, 3.05) is 11.9 Å². The van der Waals surface area contributed by atoms with Crippen molar-refractivity contribution in [3.05, 3.63) is 106 Å². The molecule has 0 radical (unpaired) electrons. The number of aromatic nitrogens is 1. The van der Waals surface area contributed by atoms with Crippen LogP contribution in [0.1, 0.15) is 11.1 Å². The topological polar surface area (TPSA) is 71.4 Å². The van der Waals surface area contributed by atoms with Gasteiger partial charge in [0.15, 0.2) is 17.5 Å². The molecule has 0 saturated carbocycles. The van der Waals surface area contributed by atoms with Gasteiger partial charge in [0.1, 0.15) is 6.54 Å². The van der Waals surface area contributed by atoms with Crippen LogP contribution in [0, 0.1) is 17.5 Å². The fraction of sp³-hybridized carbons (Fsp3) is 0.0741. The van der Waals surface area contributed by atoms with Gasteiger partial charge in [0, 0.05) is 29.2 Å². The molecule has 37 heavy (non-hydrogen) atoms. The second-order valence-electron chi connectivity index (χ2n) is 8.25. The van der Waals surface area contributed by atoms with Crippen LogP contribution in [0.15, 0.2) is 77.8 Å². The molecule has 0 spiro atoms. The normalized spacial score (nSPS) is 14.7. The lowest BCUT2D eigenvalue weighted by Crippen LogP contribution is -2.36. The number of carbonyl (C=O) groups excluding carboxylic acids is 3. The first-order valence-corrected chi connectivity index (χ1v) is 11.9. The fourth-order valence-corrected chi connectivity index (χ4v) is 4.86. The zero-order chi connectivity index (χ0) is 26.1. The van der Waals surface area contributed by atoms with Gasteiger partial charge in [-0.1, -0.05) is 48.5 Å². The minimum Gasteiger partial charge on any atom is -0.342 e. The van der Waals surface area contributed by atoms with Crippen LogP contribution in [0.4, 0.5) is 23.7 Å². The van der Waals surface area contributed by atoms with Crippen molar-refractivity contribution >= 4 is 51.5 Å². The first-order chi connectivity index (χ1) is 17.8. The Bertz CT molecular complexity index is 1580. The maximum Gasteiger partial charge on any atom is 0.294 e. The number of rotatable bonds is 6. The number of para-hydroxylation sites is 1. The molecule has 1 fully saturated rings. The Balaban J connectivity index is 1.36. The zero-order valence-corrected chi connectivity index (χ0v) is 19.9. The molecule has 0 atom stereocenters. The zero-order valence-electron chi connectivity index (χ0n) is 19.1. The molecule has 1 aliphatic heterocycles. The number of carbonyl (C=O) groups is 3. The van der Waals surface area contributed by atoms with E-state index in [2.05, 4.69) is 5.32 Å². The second kappa shape index (κ2) is 9.98. The number of anilines is 1. The molecule has 5 rings (SSSR count). The van der Waals surface area contributed by atoms with Crippen LogP contribution in [0.25, 0.3) is 17.0 Å². The van der Waals surface area contributed by atoms with Gasteiger partial charge in [0.25, 0.3) is 11.1 Å². The van der Waals surface area contributed by atoms with E-state index in [0.29, 0.717) is 29.3 Å². The summed E-state index contributed by atoms with van der Waals surface area (Å²) in [4.78, 5) is 38.7. The van der Waals surface area contributed by atoms with Crippen molar-refractivity contribution in [2.45, 2.75) is 6.54 Å². The van der Waals surface area contributed by atoms with Crippen molar-refractivity contribution in [3.63, 3.8) is 0 Å². The Morgan fingerprint density at radius 1 is 0.919 bits per heavy atom. The number of nitrogens with one attached hydrogen (secondary N) is 1. The van der Waals surface area contributed by atoms with Gasteiger partial charge in [0.05, 0.1) is 10.6 Å². The highest BCUT2D eigenvalue weighted by molar-refractivity contribution is 8.18. The molecule has 3 amide bonds. The molecule has 1 aliphatic rings. The van der Waals surface area contributed by atoms with E-state index in [0.717, 1.165) is 28.1 Å². The third kappa shape index (κ3) is 4.88. The summed E-state index contributed by atoms with van der Waals surface area (Å²) in [7, 11) is 0. The van der Waals surface area contributed by atoms with Gasteiger partial charge in [-0.2, -0.15) is 0 Å². The highest BCUT2D eigenvalue weighted by Gasteiger charge is 2.36. The van der Waals surface area contributed by atoms with Crippen molar-refractivity contribution in [1.29, 1.82) is 0 Å². The molecule has 1 N–H and O–H groups in total. The molecule has 6 nitrogen and oxygen atoms in total. The largest absolute Gasteiger partial charge is 0.342 e. The lowest BCUT2D eigenvalue weighted by Gasteiger charge is -2.13. The molecular formula is C27H18F3N3O3S. The molecule has 10 heteroatoms. The fourth-order valence-electron chi connectivity index (χ4n) is 4.03. The van der Waals surface area contributed by atoms with Gasteiger partial charge in [-0.3, -0.25) is 19.3 Å². The summed E-state index contributed by atoms with van der Waals surface area (Å²) >= 11 is 0.680. The molecule has 1 saturated heterocycles. The summed E-state index contributed by atoms with van der Waals surface area (Å²) in [6.45, 7) is -0.104. The summed E-state index contributed by atoms with van der Waals surface area (Å²) in [5, 5.41) is 2.27. The van der Waals surface area contributed by atoms with Gasteiger partial charge in [-0.25, -0.2) is 13.2 Å². The highest BCUT2D eigenvalue weighted by Crippen LogP contribution is 2.34. The van der Waals surface area contributed by atoms with E-state index in [1.165, 1.54) is 0 Å². The summed E-state index contributed by atoms with van der Waals surface area (Å²) in [5.74, 6) is -6.34. The lowest BCUT2D eigenvalue weighted by atomic mass is 10.1. The Kier molecular flexibility index (Phi) is 6.58. The van der Waals surface area contributed by atoms with Crippen LogP contribution in [0.3, 0.4) is 0 Å². The van der Waals surface area contributed by atoms with Gasteiger partial charge in [-0.05, 0) is 41.6 Å². The first-order valence-electron chi connectivity index (χ1n) is 11.1. The molecule has 3 aromatic carbocycles. The number of thioether (sulfide) groups is 1. The first kappa shape index (κ1) is 24.4. The monoisotopic (exact) mass is 521 g/mol. The molecule has 1 aromatic heterocycles. The van der Waals surface area contributed by atoms with Gasteiger partial charge >= 0.3 is 0 Å². The molecule has 0 unspecified atom stereocenters. The van der Waals surface area contributed by atoms with Crippen LogP contribution < -0.4 is 5.32 Å². The Morgan fingerprint density at radius 3 is 2.43 bits per heavy atom. The van der Waals surface area contributed by atoms with E-state index in [1.54, 1.807) is 6.08 Å². The van der Waals surface area contributed by atoms with Crippen LogP contribution in [0.2, 0.25) is 0 Å². The standard InChI is InChI=1S/C27H18F3N3O3S/c28-19-10-11-20(25(30)24(19)29)31-23(34)15-33-26(35)22(37-27(33)36)12-17-14-32(13-16-6-2-1-3-7-16)21-9-5-4-8-18(17)21/h1-12,14H,13,15H2,(H,31,34)/b22-12-. The predicted octanol–water partition coefficient (Wildman–Crippen LogP) is 5.78. The molecule has 186 valence electrons. The maximum atomic E-state index is 13.9. The third-order valence-electron chi connectivity index (χ3n) is 5.79. The summed E-state index contributed by atoms with van der Waals surface area (Å²) < 4.78 is 42.5. The SMILES string of the molecule is O=C(CN1C(=O)S/C(=C\c2cn(Cc3ccccc3)c3ccccc23)C1=O)Nc1ccc(F)c(F)c1F. The summed E-state index contributed by atoms with van der Waals surface area (Å²) in [5.41, 5.74) is 2.17. The van der Waals surface area contributed by atoms with E-state index in [-0.39, 0.29) is 4.91 Å². The van der Waals surface area contributed by atoms with E-state index >= 15 is 0 Å². The predicted molar refractivity (Wildman–Crippen MR) is 135 cm³/mol. The quantitative estimate of drug-likeness (QED) is 0.258. The van der Waals surface area contributed by atoms with E-state index in [9.17, 15) is 27.6 Å². The van der Waals surface area contributed by atoms with E-state index < -0.39 is 46.7 Å². The molecule has 4 aromatic rings. The van der Waals surface area contributed by atoms with E-state index in [1.807, 2.05) is 65.4 Å². The smallest absolute Gasteiger partial charge is 0.294 e. The molecule has 0 bridgehead atoms. The van der Waals surface area contributed by atoms with Crippen LogP contribution in [-0.4, -0.2) is 33.1 Å². The Hall–Kier alpha value is -4.31. The average Bonchev–Trinajstić information content (AvgIpc) is 3.37. The van der Waals surface area contributed by atoms with Crippen molar-refractivity contribution < 1.29 is 27.6 Å². The van der Waals surface area contributed by atoms with Crippen molar-refractivity contribution in [2.24, 2.45) is 0 Å². The number of hydrogen-bond acceptors (Lipinski definition) is 4. The number of amides is 3. The molecule has 2 heterocycles. The maximum absolute atomic E-state index is 13.9. The number of halogens is 3. The Labute approximate surface area is 213 Å². The van der Waals surface area contributed by atoms with Crippen LogP contribution >= 0.6 is 11.8 Å². The van der Waals surface area contributed by atoms with Gasteiger partial charge in [0.2, 0.25) is 5.91 Å². The number of benzene rings is 3. The number of fused-ring (bicyclic) bond motifs is 1. The minimum absolute atomic E-state index is 0.124. The summed E-state index contributed by atoms with van der Waals surface area (Å²) in [6.07, 6.45) is 3.49. The number of hydrogen-bond donors (Lipinski definition) is 1. The molecule has 0 aliphatic carbocycles. The third-order valence-corrected chi connectivity index (χ3v) is 6.69. The minimum atomic E-state index is -1.74. The van der Waals surface area contributed by atoms with Gasteiger partial charge in [-0.15, -0.1) is 0 Å². The Morgan fingerprint density at radius 2 is 1.65 bits per heavy atom. The average molecular weight is 522 g/mol. The van der Waals surface area contributed by atoms with Crippen molar-refractivity contribution in [1.82, 2.24) is 9.47 Å². The lowest BCUT2D eigenvalue weighted by molar-refractivity contribution is -0.127. The number of nitrogens with zero attached hydrogens (tertiary/aromatic N) is 2. The highest BCUT2D eigenvalue weighted by atomic mass is 32.2. The number of imide groups is 1. The van der Waals surface area contributed by atoms with Crippen molar-refractivity contribution in [3.8, 4) is 0 Å². The van der Waals surface area contributed by atoms with E-state index in [4.69, 9.17) is 0 Å². The van der Waals surface area contributed by atoms with Crippen LogP contribution in [0.5, 0.6) is 0 Å². The van der Waals surface area contributed by atoms with Crippen LogP contribution in [-0.2, 0) is 16.1 Å². The molecular weight excluding hydrogens is 503 g/mol. The second-order valence-corrected chi connectivity index (χ2v) is 9.25. The van der Waals surface area contributed by atoms with Gasteiger partial charge < -0.3 is 9.88 Å².